The molecule has 2 N–H and O–H groups in total. The number of ether oxygens (including phenoxy) is 1. The summed E-state index contributed by atoms with van der Waals surface area (Å²) in [7, 11) is 0. The molecule has 1 aromatic carbocycles. The van der Waals surface area contributed by atoms with Crippen LogP contribution < -0.4 is 10.6 Å². The Morgan fingerprint density at radius 2 is 2.45 bits per heavy atom. The van der Waals surface area contributed by atoms with Gasteiger partial charge in [-0.2, -0.15) is 0 Å². The van der Waals surface area contributed by atoms with E-state index in [4.69, 9.17) is 9.15 Å². The van der Waals surface area contributed by atoms with Gasteiger partial charge in [-0.05, 0) is 18.2 Å². The molecule has 20 heavy (non-hydrogen) atoms. The van der Waals surface area contributed by atoms with Gasteiger partial charge >= 0.3 is 0 Å². The third-order valence-electron chi connectivity index (χ3n) is 3.22. The summed E-state index contributed by atoms with van der Waals surface area (Å²) in [6.45, 7) is 3.87. The highest BCUT2D eigenvalue weighted by atomic mass is 16.5. The minimum atomic E-state index is -0.442. The van der Waals surface area contributed by atoms with Gasteiger partial charge < -0.3 is 19.8 Å². The molecule has 1 aromatic heterocycles. The third-order valence-corrected chi connectivity index (χ3v) is 3.22. The average molecular weight is 275 g/mol. The molecule has 1 unspecified atom stereocenters. The molecule has 0 saturated carbocycles. The van der Waals surface area contributed by atoms with Gasteiger partial charge in [-0.25, -0.2) is 4.98 Å². The van der Waals surface area contributed by atoms with Gasteiger partial charge in [-0.15, -0.1) is 0 Å². The van der Waals surface area contributed by atoms with Crippen molar-refractivity contribution in [1.82, 2.24) is 10.3 Å². The number of hydrogen-bond donors (Lipinski definition) is 2. The number of amides is 1. The zero-order valence-corrected chi connectivity index (χ0v) is 11.3. The molecule has 106 valence electrons. The number of nitrogens with one attached hydrogen (secondary N) is 2. The summed E-state index contributed by atoms with van der Waals surface area (Å²) in [5, 5.41) is 5.97. The highest BCUT2D eigenvalue weighted by molar-refractivity contribution is 5.95. The van der Waals surface area contributed by atoms with E-state index in [0.717, 1.165) is 24.1 Å². The van der Waals surface area contributed by atoms with Gasteiger partial charge in [0.25, 0.3) is 5.91 Å². The van der Waals surface area contributed by atoms with E-state index >= 15 is 0 Å². The van der Waals surface area contributed by atoms with Crippen LogP contribution >= 0.6 is 0 Å². The van der Waals surface area contributed by atoms with E-state index in [1.54, 1.807) is 6.07 Å². The largest absolute Gasteiger partial charge is 0.441 e. The van der Waals surface area contributed by atoms with Gasteiger partial charge in [-0.1, -0.05) is 6.92 Å². The Balaban J connectivity index is 1.74. The van der Waals surface area contributed by atoms with Gasteiger partial charge in [0, 0.05) is 25.2 Å². The van der Waals surface area contributed by atoms with E-state index in [-0.39, 0.29) is 5.91 Å². The number of hydrogen-bond acceptors (Lipinski definition) is 5. The van der Waals surface area contributed by atoms with Gasteiger partial charge in [-0.3, -0.25) is 4.79 Å². The van der Waals surface area contributed by atoms with Crippen molar-refractivity contribution >= 4 is 22.7 Å². The smallest absolute Gasteiger partial charge is 0.254 e. The molecule has 0 radical (unpaired) electrons. The number of aryl methyl sites for hydroxylation is 1. The molecule has 2 aromatic rings. The summed E-state index contributed by atoms with van der Waals surface area (Å²) < 4.78 is 10.9. The second-order valence-electron chi connectivity index (χ2n) is 4.70. The molecule has 0 spiro atoms. The summed E-state index contributed by atoms with van der Waals surface area (Å²) in [6.07, 6.45) is 0.306. The van der Waals surface area contributed by atoms with Crippen LogP contribution in [0.15, 0.2) is 22.6 Å². The second kappa shape index (κ2) is 5.60. The molecule has 1 aliphatic rings. The lowest BCUT2D eigenvalue weighted by Crippen LogP contribution is -2.45. The van der Waals surface area contributed by atoms with E-state index in [1.165, 1.54) is 0 Å². The Labute approximate surface area is 116 Å². The molecule has 1 aliphatic heterocycles. The van der Waals surface area contributed by atoms with E-state index in [0.29, 0.717) is 24.7 Å². The van der Waals surface area contributed by atoms with Crippen molar-refractivity contribution in [2.75, 3.05) is 25.0 Å². The van der Waals surface area contributed by atoms with Crippen molar-refractivity contribution in [2.45, 2.75) is 19.4 Å². The van der Waals surface area contributed by atoms with Crippen LogP contribution in [0.2, 0.25) is 0 Å². The van der Waals surface area contributed by atoms with Crippen LogP contribution in [0.5, 0.6) is 0 Å². The number of aromatic nitrogens is 1. The topological polar surface area (TPSA) is 76.4 Å². The van der Waals surface area contributed by atoms with Crippen LogP contribution in [0, 0.1) is 0 Å². The number of fused-ring (bicyclic) bond motifs is 1. The van der Waals surface area contributed by atoms with E-state index in [1.807, 2.05) is 19.1 Å². The summed E-state index contributed by atoms with van der Waals surface area (Å²) in [5.41, 5.74) is 2.19. The predicted octanol–water partition coefficient (Wildman–Crippen LogP) is 1.32. The number of oxazole rings is 1. The molecule has 0 bridgehead atoms. The Morgan fingerprint density at radius 3 is 3.20 bits per heavy atom. The number of benzene rings is 1. The van der Waals surface area contributed by atoms with Crippen LogP contribution in [-0.4, -0.2) is 36.7 Å². The quantitative estimate of drug-likeness (QED) is 0.883. The van der Waals surface area contributed by atoms with Gasteiger partial charge in [0.15, 0.2) is 11.5 Å². The molecule has 3 rings (SSSR count). The van der Waals surface area contributed by atoms with Gasteiger partial charge in [0.2, 0.25) is 0 Å². The highest BCUT2D eigenvalue weighted by Crippen LogP contribution is 2.20. The fourth-order valence-electron chi connectivity index (χ4n) is 2.16. The van der Waals surface area contributed by atoms with Gasteiger partial charge in [0.1, 0.15) is 11.6 Å². The molecule has 0 aliphatic carbocycles. The van der Waals surface area contributed by atoms with E-state index in [2.05, 4.69) is 15.6 Å². The fraction of sp³-hybridized carbons (Fsp3) is 0.429. The normalized spacial score (nSPS) is 19.1. The zero-order chi connectivity index (χ0) is 13.9. The lowest BCUT2D eigenvalue weighted by Gasteiger charge is -2.22. The standard InChI is InChI=1S/C14H17N3O3/c1-2-13-17-10-7-9(3-4-11(10)20-13)16-14(18)12-8-15-5-6-19-12/h3-4,7,12,15H,2,5-6,8H2,1H3,(H,16,18). The van der Waals surface area contributed by atoms with Crippen molar-refractivity contribution in [1.29, 1.82) is 0 Å². The maximum absolute atomic E-state index is 12.0. The van der Waals surface area contributed by atoms with E-state index in [9.17, 15) is 4.79 Å². The first kappa shape index (κ1) is 13.1. The first-order valence-electron chi connectivity index (χ1n) is 6.79. The SMILES string of the molecule is CCc1nc2cc(NC(=O)C3CNCCO3)ccc2o1. The molecule has 1 amide bonds. The number of carbonyl (C=O) groups excluding carboxylic acids is 1. The average Bonchev–Trinajstić information content (AvgIpc) is 2.90. The van der Waals surface area contributed by atoms with Crippen molar-refractivity contribution in [3.8, 4) is 0 Å². The second-order valence-corrected chi connectivity index (χ2v) is 4.70. The van der Waals surface area contributed by atoms with Gasteiger partial charge in [0.05, 0.1) is 6.61 Å². The lowest BCUT2D eigenvalue weighted by atomic mass is 10.2. The molecular weight excluding hydrogens is 258 g/mol. The van der Waals surface area contributed by atoms with Crippen LogP contribution in [0.1, 0.15) is 12.8 Å². The molecule has 1 atom stereocenters. The molecule has 6 heteroatoms. The lowest BCUT2D eigenvalue weighted by molar-refractivity contribution is -0.128. The zero-order valence-electron chi connectivity index (χ0n) is 11.3. The molecular formula is C14H17N3O3. The summed E-state index contributed by atoms with van der Waals surface area (Å²) in [4.78, 5) is 16.4. The summed E-state index contributed by atoms with van der Waals surface area (Å²) >= 11 is 0. The number of anilines is 1. The Kier molecular flexibility index (Phi) is 3.66. The Hall–Kier alpha value is -1.92. The van der Waals surface area contributed by atoms with Crippen LogP contribution in [-0.2, 0) is 16.0 Å². The molecule has 2 heterocycles. The minimum absolute atomic E-state index is 0.143. The number of nitrogens with zero attached hydrogens (tertiary/aromatic N) is 1. The number of morpholine rings is 1. The Bertz CT molecular complexity index is 617. The van der Waals surface area contributed by atoms with E-state index < -0.39 is 6.10 Å². The highest BCUT2D eigenvalue weighted by Gasteiger charge is 2.21. The molecule has 1 saturated heterocycles. The van der Waals surface area contributed by atoms with Crippen molar-refractivity contribution in [3.63, 3.8) is 0 Å². The molecule has 1 fully saturated rings. The fourth-order valence-corrected chi connectivity index (χ4v) is 2.16. The summed E-state index contributed by atoms with van der Waals surface area (Å²) in [6, 6.07) is 5.43. The van der Waals surface area contributed by atoms with Crippen LogP contribution in [0.4, 0.5) is 5.69 Å². The van der Waals surface area contributed by atoms with Crippen molar-refractivity contribution in [2.24, 2.45) is 0 Å². The van der Waals surface area contributed by atoms with Crippen LogP contribution in [0.25, 0.3) is 11.1 Å². The monoisotopic (exact) mass is 275 g/mol. The first-order valence-corrected chi connectivity index (χ1v) is 6.79. The predicted molar refractivity (Wildman–Crippen MR) is 74.6 cm³/mol. The Morgan fingerprint density at radius 1 is 1.55 bits per heavy atom. The van der Waals surface area contributed by atoms with Crippen LogP contribution in [0.3, 0.4) is 0 Å². The van der Waals surface area contributed by atoms with Crippen molar-refractivity contribution < 1.29 is 13.9 Å². The van der Waals surface area contributed by atoms with Crippen molar-refractivity contribution in [3.05, 3.63) is 24.1 Å². The first-order chi connectivity index (χ1) is 9.76. The number of rotatable bonds is 3. The third kappa shape index (κ3) is 2.66. The maximum atomic E-state index is 12.0. The molecule has 6 nitrogen and oxygen atoms in total. The summed E-state index contributed by atoms with van der Waals surface area (Å²) in [5.74, 6) is 0.555. The minimum Gasteiger partial charge on any atom is -0.441 e. The maximum Gasteiger partial charge on any atom is 0.254 e. The number of carbonyl (C=O) groups is 1.